The average Bonchev–Trinajstić information content (AvgIpc) is 2.74. The van der Waals surface area contributed by atoms with Crippen LogP contribution in [0.25, 0.3) is 0 Å². The number of nitrogens with zero attached hydrogens (tertiary/aromatic N) is 1. The number of likely N-dealkylation sites (N-methyl/N-ethyl adjacent to an activating group) is 1. The number of halogens is 2. The zero-order valence-corrected chi connectivity index (χ0v) is 18.9. The largest absolute Gasteiger partial charge is 0.353 e. The van der Waals surface area contributed by atoms with Gasteiger partial charge in [0.05, 0.1) is 0 Å². The molecule has 3 rings (SSSR count). The molecule has 0 unspecified atom stereocenters. The Morgan fingerprint density at radius 1 is 1.10 bits per heavy atom. The molecular formula is C25H30ClFN2O2. The fourth-order valence-corrected chi connectivity index (χ4v) is 4.54. The molecule has 1 N–H and O–H groups in total. The zero-order valence-electron chi connectivity index (χ0n) is 18.2. The Morgan fingerprint density at radius 3 is 2.39 bits per heavy atom. The molecule has 31 heavy (non-hydrogen) atoms. The molecule has 0 atom stereocenters. The van der Waals surface area contributed by atoms with Crippen molar-refractivity contribution in [1.82, 2.24) is 10.2 Å². The highest BCUT2D eigenvalue weighted by molar-refractivity contribution is 6.30. The highest BCUT2D eigenvalue weighted by atomic mass is 35.5. The van der Waals surface area contributed by atoms with E-state index in [1.54, 1.807) is 36.4 Å². The van der Waals surface area contributed by atoms with E-state index in [0.717, 1.165) is 37.7 Å². The van der Waals surface area contributed by atoms with E-state index in [9.17, 15) is 14.0 Å². The van der Waals surface area contributed by atoms with Gasteiger partial charge >= 0.3 is 0 Å². The average molecular weight is 445 g/mol. The van der Waals surface area contributed by atoms with E-state index in [2.05, 4.69) is 24.3 Å². The van der Waals surface area contributed by atoms with Gasteiger partial charge in [-0.3, -0.25) is 9.59 Å². The van der Waals surface area contributed by atoms with Crippen LogP contribution in [0.2, 0.25) is 5.02 Å². The molecule has 1 amide bonds. The van der Waals surface area contributed by atoms with Crippen LogP contribution in [0.5, 0.6) is 0 Å². The van der Waals surface area contributed by atoms with Crippen LogP contribution in [-0.2, 0) is 11.2 Å². The fraction of sp³-hybridized carbons (Fsp3) is 0.440. The first-order chi connectivity index (χ1) is 14.8. The van der Waals surface area contributed by atoms with Gasteiger partial charge in [-0.25, -0.2) is 4.39 Å². The van der Waals surface area contributed by atoms with Gasteiger partial charge in [0.25, 0.3) is 0 Å². The highest BCUT2D eigenvalue weighted by Crippen LogP contribution is 2.35. The smallest absolute Gasteiger partial charge is 0.220 e. The number of carbonyl (C=O) groups is 2. The van der Waals surface area contributed by atoms with E-state index < -0.39 is 0 Å². The molecule has 0 aliphatic heterocycles. The van der Waals surface area contributed by atoms with Gasteiger partial charge in [0, 0.05) is 35.0 Å². The predicted molar refractivity (Wildman–Crippen MR) is 122 cm³/mol. The number of nitrogens with one attached hydrogen (secondary N) is 1. The molecule has 0 radical (unpaired) electrons. The number of carbonyl (C=O) groups excluding carboxylic acids is 2. The first-order valence-corrected chi connectivity index (χ1v) is 11.2. The Hall–Kier alpha value is -2.24. The number of hydrogen-bond donors (Lipinski definition) is 1. The Labute approximate surface area is 188 Å². The number of hydrogen-bond acceptors (Lipinski definition) is 3. The lowest BCUT2D eigenvalue weighted by atomic mass is 9.74. The van der Waals surface area contributed by atoms with Crippen LogP contribution < -0.4 is 5.32 Å². The zero-order chi connectivity index (χ0) is 22.4. The Morgan fingerprint density at radius 2 is 1.77 bits per heavy atom. The van der Waals surface area contributed by atoms with Crippen LogP contribution in [-0.4, -0.2) is 42.3 Å². The number of ketones is 1. The number of rotatable bonds is 8. The van der Waals surface area contributed by atoms with Crippen molar-refractivity contribution in [3.05, 3.63) is 70.5 Å². The minimum absolute atomic E-state index is 0.0421. The number of Topliss-reactive ketones (excluding diaryl/α,β-unsaturated/α-hetero) is 1. The first-order valence-electron chi connectivity index (χ1n) is 10.8. The van der Waals surface area contributed by atoms with Crippen molar-refractivity contribution in [2.45, 2.75) is 56.5 Å². The third-order valence-electron chi connectivity index (χ3n) is 6.40. The SMILES string of the molecule is CN(C)C1(Cc2cccc(F)c2)CCC(NC(=O)CCC(=O)c2ccc(Cl)cc2)CC1. The molecule has 2 aromatic rings. The predicted octanol–water partition coefficient (Wildman–Crippen LogP) is 5.04. The van der Waals surface area contributed by atoms with Crippen molar-refractivity contribution in [2.24, 2.45) is 0 Å². The molecule has 0 bridgehead atoms. The maximum absolute atomic E-state index is 13.6. The van der Waals surface area contributed by atoms with E-state index in [-0.39, 0.29) is 41.9 Å². The molecule has 1 saturated carbocycles. The second kappa shape index (κ2) is 10.4. The summed E-state index contributed by atoms with van der Waals surface area (Å²) in [7, 11) is 4.14. The summed E-state index contributed by atoms with van der Waals surface area (Å²) in [6, 6.07) is 13.6. The first kappa shape index (κ1) is 23.4. The van der Waals surface area contributed by atoms with Crippen molar-refractivity contribution >= 4 is 23.3 Å². The molecular weight excluding hydrogens is 415 g/mol. The molecule has 0 spiro atoms. The van der Waals surface area contributed by atoms with Gasteiger partial charge in [-0.05, 0) is 88.2 Å². The van der Waals surface area contributed by atoms with Gasteiger partial charge in [0.2, 0.25) is 5.91 Å². The third-order valence-corrected chi connectivity index (χ3v) is 6.65. The normalized spacial score (nSPS) is 21.1. The van der Waals surface area contributed by atoms with Crippen LogP contribution in [0.15, 0.2) is 48.5 Å². The molecule has 0 saturated heterocycles. The van der Waals surface area contributed by atoms with Gasteiger partial charge in [0.15, 0.2) is 5.78 Å². The summed E-state index contributed by atoms with van der Waals surface area (Å²) >= 11 is 5.85. The molecule has 2 aromatic carbocycles. The van der Waals surface area contributed by atoms with Crippen LogP contribution in [0.3, 0.4) is 0 Å². The maximum Gasteiger partial charge on any atom is 0.220 e. The van der Waals surface area contributed by atoms with E-state index in [0.29, 0.717) is 10.6 Å². The van der Waals surface area contributed by atoms with Gasteiger partial charge in [-0.15, -0.1) is 0 Å². The second-order valence-electron chi connectivity index (χ2n) is 8.70. The lowest BCUT2D eigenvalue weighted by molar-refractivity contribution is -0.122. The lowest BCUT2D eigenvalue weighted by Gasteiger charge is -2.45. The summed E-state index contributed by atoms with van der Waals surface area (Å²) in [4.78, 5) is 26.9. The molecule has 166 valence electrons. The van der Waals surface area contributed by atoms with Crippen LogP contribution in [0, 0.1) is 5.82 Å². The molecule has 0 heterocycles. The molecule has 6 heteroatoms. The van der Waals surface area contributed by atoms with E-state index >= 15 is 0 Å². The highest BCUT2D eigenvalue weighted by Gasteiger charge is 2.37. The standard InChI is InChI=1S/C25H30ClFN2O2/c1-29(2)25(17-18-4-3-5-21(27)16-18)14-12-22(13-15-25)28-24(31)11-10-23(30)19-6-8-20(26)9-7-19/h3-9,16,22H,10-15,17H2,1-2H3,(H,28,31). The van der Waals surface area contributed by atoms with E-state index in [4.69, 9.17) is 11.6 Å². The van der Waals surface area contributed by atoms with Crippen molar-refractivity contribution < 1.29 is 14.0 Å². The minimum atomic E-state index is -0.208. The van der Waals surface area contributed by atoms with E-state index in [1.807, 2.05) is 6.07 Å². The summed E-state index contributed by atoms with van der Waals surface area (Å²) in [5.41, 5.74) is 1.53. The monoisotopic (exact) mass is 444 g/mol. The molecule has 1 aliphatic rings. The van der Waals surface area contributed by atoms with Crippen LogP contribution in [0.4, 0.5) is 4.39 Å². The van der Waals surface area contributed by atoms with E-state index in [1.165, 1.54) is 6.07 Å². The third kappa shape index (κ3) is 6.37. The number of amides is 1. The Bertz CT molecular complexity index is 906. The summed E-state index contributed by atoms with van der Waals surface area (Å²) in [5.74, 6) is -0.354. The summed E-state index contributed by atoms with van der Waals surface area (Å²) < 4.78 is 13.6. The lowest BCUT2D eigenvalue weighted by Crippen LogP contribution is -2.52. The van der Waals surface area contributed by atoms with Gasteiger partial charge in [0.1, 0.15) is 5.82 Å². The fourth-order valence-electron chi connectivity index (χ4n) is 4.42. The minimum Gasteiger partial charge on any atom is -0.353 e. The summed E-state index contributed by atoms with van der Waals surface area (Å²) in [5, 5.41) is 3.67. The summed E-state index contributed by atoms with van der Waals surface area (Å²) in [6.07, 6.45) is 4.72. The van der Waals surface area contributed by atoms with Crippen LogP contribution >= 0.6 is 11.6 Å². The van der Waals surface area contributed by atoms with Gasteiger partial charge in [-0.2, -0.15) is 0 Å². The quantitative estimate of drug-likeness (QED) is 0.580. The molecule has 0 aromatic heterocycles. The maximum atomic E-state index is 13.6. The van der Waals surface area contributed by atoms with Crippen molar-refractivity contribution in [1.29, 1.82) is 0 Å². The molecule has 1 fully saturated rings. The Balaban J connectivity index is 1.49. The molecule has 4 nitrogen and oxygen atoms in total. The topological polar surface area (TPSA) is 49.4 Å². The van der Waals surface area contributed by atoms with Crippen molar-refractivity contribution in [2.75, 3.05) is 14.1 Å². The van der Waals surface area contributed by atoms with Crippen molar-refractivity contribution in [3.63, 3.8) is 0 Å². The van der Waals surface area contributed by atoms with Crippen molar-refractivity contribution in [3.8, 4) is 0 Å². The Kier molecular flexibility index (Phi) is 7.84. The van der Waals surface area contributed by atoms with Gasteiger partial charge < -0.3 is 10.2 Å². The van der Waals surface area contributed by atoms with Crippen LogP contribution in [0.1, 0.15) is 54.4 Å². The van der Waals surface area contributed by atoms with Gasteiger partial charge in [-0.1, -0.05) is 23.7 Å². The number of benzene rings is 2. The summed E-state index contributed by atoms with van der Waals surface area (Å²) in [6.45, 7) is 0. The second-order valence-corrected chi connectivity index (χ2v) is 9.13. The molecule has 1 aliphatic carbocycles.